The van der Waals surface area contributed by atoms with Crippen LogP contribution in [0.2, 0.25) is 13.1 Å². The van der Waals surface area contributed by atoms with E-state index in [4.69, 9.17) is 21.1 Å². The Bertz CT molecular complexity index is 1700. The lowest BCUT2D eigenvalue weighted by atomic mass is 9.85. The van der Waals surface area contributed by atoms with Crippen LogP contribution in [-0.4, -0.2) is 88.6 Å². The molecule has 4 aliphatic rings. The minimum absolute atomic E-state index is 0. The lowest BCUT2D eigenvalue weighted by Gasteiger charge is -2.40. The lowest BCUT2D eigenvalue weighted by Crippen LogP contribution is -2.50. The second-order valence-corrected chi connectivity index (χ2v) is 18.7. The third-order valence-corrected chi connectivity index (χ3v) is 14.2. The van der Waals surface area contributed by atoms with E-state index in [1.54, 1.807) is 18.2 Å². The maximum absolute atomic E-state index is 13.5. The first-order chi connectivity index (χ1) is 23.8. The fourth-order valence-corrected chi connectivity index (χ4v) is 10.5. The van der Waals surface area contributed by atoms with Crippen molar-refractivity contribution < 1.29 is 28.7 Å². The fraction of sp³-hybridized carbons (Fsp3) is 0.488. The van der Waals surface area contributed by atoms with Gasteiger partial charge in [0.15, 0.2) is 11.5 Å². The summed E-state index contributed by atoms with van der Waals surface area (Å²) in [5.74, 6) is -0.562. The van der Waals surface area contributed by atoms with Gasteiger partial charge in [-0.2, -0.15) is 0 Å². The number of hydrogen-bond acceptors (Lipinski definition) is 6. The minimum atomic E-state index is -2.19. The monoisotopic (exact) mass is 716 g/mol. The van der Waals surface area contributed by atoms with Crippen LogP contribution in [0.3, 0.4) is 0 Å². The van der Waals surface area contributed by atoms with E-state index in [2.05, 4.69) is 59.0 Å². The number of anilines is 1. The number of nitrogens with zero attached hydrogens (tertiary/aromatic N) is 2. The Balaban J connectivity index is 0.00000486. The number of unbranched alkanes of at least 4 members (excludes halogenated alkanes) is 3. The summed E-state index contributed by atoms with van der Waals surface area (Å²) in [4.78, 5) is 28.5. The summed E-state index contributed by atoms with van der Waals surface area (Å²) in [5, 5.41) is 15.2. The van der Waals surface area contributed by atoms with Crippen molar-refractivity contribution in [2.24, 2.45) is 0 Å². The molecule has 0 bridgehead atoms. The maximum Gasteiger partial charge on any atom is 0.199 e. The highest BCUT2D eigenvalue weighted by Gasteiger charge is 2.41. The number of alkyl halides is 1. The molecular weight excluding hydrogens is 664 g/mol. The number of rotatable bonds is 17. The van der Waals surface area contributed by atoms with Gasteiger partial charge in [0.05, 0.1) is 25.6 Å². The molecule has 2 aromatic carbocycles. The zero-order chi connectivity index (χ0) is 34.4. The minimum Gasteiger partial charge on any atom is -0.545 e. The van der Waals surface area contributed by atoms with E-state index in [9.17, 15) is 14.7 Å². The van der Waals surface area contributed by atoms with Crippen LogP contribution in [-0.2, 0) is 9.47 Å². The number of ketones is 1. The van der Waals surface area contributed by atoms with E-state index in [1.807, 2.05) is 0 Å². The van der Waals surface area contributed by atoms with Gasteiger partial charge >= 0.3 is 0 Å². The number of aromatic carboxylic acids is 1. The molecule has 2 fully saturated rings. The summed E-state index contributed by atoms with van der Waals surface area (Å²) in [6, 6.07) is 11.7. The van der Waals surface area contributed by atoms with Gasteiger partial charge in [0.25, 0.3) is 0 Å². The third kappa shape index (κ3) is 8.25. The molecule has 0 radical (unpaired) electrons. The van der Waals surface area contributed by atoms with Gasteiger partial charge in [0.1, 0.15) is 21.2 Å². The quantitative estimate of drug-likeness (QED) is 0.0628. The van der Waals surface area contributed by atoms with E-state index < -0.39 is 14.0 Å². The molecule has 0 spiro atoms. The Kier molecular flexibility index (Phi) is 13.1. The number of carbonyl (C=O) groups is 2. The fourth-order valence-electron chi connectivity index (χ4n) is 7.21. The van der Waals surface area contributed by atoms with E-state index >= 15 is 0 Å². The van der Waals surface area contributed by atoms with Crippen LogP contribution in [0.25, 0.3) is 5.57 Å². The average Bonchev–Trinajstić information content (AvgIpc) is 3.04. The normalized spacial score (nSPS) is 17.3. The average molecular weight is 717 g/mol. The van der Waals surface area contributed by atoms with Gasteiger partial charge < -0.3 is 24.3 Å². The summed E-state index contributed by atoms with van der Waals surface area (Å²) in [5.41, 5.74) is 6.59. The maximum atomic E-state index is 13.5. The number of halogens is 1. The van der Waals surface area contributed by atoms with Gasteiger partial charge in [-0.05, 0) is 82.6 Å². The van der Waals surface area contributed by atoms with Gasteiger partial charge in [-0.15, -0.1) is 11.6 Å². The molecule has 0 amide bonds. The van der Waals surface area contributed by atoms with Crippen molar-refractivity contribution in [3.63, 3.8) is 0 Å². The van der Waals surface area contributed by atoms with Crippen molar-refractivity contribution in [3.05, 3.63) is 87.6 Å². The van der Waals surface area contributed by atoms with Crippen LogP contribution in [0, 0.1) is 0 Å². The number of fused-ring (bicyclic) bond motifs is 2. The van der Waals surface area contributed by atoms with Crippen molar-refractivity contribution in [1.82, 2.24) is 0 Å². The Morgan fingerprint density at radius 2 is 1.62 bits per heavy atom. The van der Waals surface area contributed by atoms with Crippen LogP contribution in [0.5, 0.6) is 0 Å². The zero-order valence-corrected chi connectivity index (χ0v) is 30.8. The molecule has 0 unspecified atom stereocenters. The molecule has 0 atom stereocenters. The van der Waals surface area contributed by atoms with E-state index in [1.165, 1.54) is 34.6 Å². The predicted molar refractivity (Wildman–Crippen MR) is 205 cm³/mol. The first kappa shape index (κ1) is 37.9. The second kappa shape index (κ2) is 17.3. The van der Waals surface area contributed by atoms with Crippen LogP contribution < -0.4 is 15.2 Å². The lowest BCUT2D eigenvalue weighted by molar-refractivity contribution is -0.582. The van der Waals surface area contributed by atoms with Crippen molar-refractivity contribution in [2.75, 3.05) is 63.4 Å². The summed E-state index contributed by atoms with van der Waals surface area (Å²) in [7, 11) is -2.19. The highest BCUT2D eigenvalue weighted by molar-refractivity contribution is 6.98. The summed E-state index contributed by atoms with van der Waals surface area (Å²) in [6.45, 7) is 11.3. The molecule has 0 N–H and O–H groups in total. The molecule has 3 aliphatic heterocycles. The Morgan fingerprint density at radius 1 is 0.880 bits per heavy atom. The molecule has 7 nitrogen and oxygen atoms in total. The molecular formula is C41H53ClN2O5Si. The Labute approximate surface area is 304 Å². The predicted octanol–water partition coefficient (Wildman–Crippen LogP) is 6.32. The highest BCUT2D eigenvalue weighted by Crippen LogP contribution is 2.43. The molecule has 9 heteroatoms. The van der Waals surface area contributed by atoms with E-state index in [-0.39, 0.29) is 18.8 Å². The van der Waals surface area contributed by atoms with Crippen LogP contribution >= 0.6 is 11.6 Å². The number of carboxylic acid groups (broad SMARTS) is 1. The molecule has 268 valence electrons. The molecule has 1 aliphatic carbocycles. The number of ether oxygens (including phenoxy) is 2. The smallest absolute Gasteiger partial charge is 0.199 e. The number of hydrogen-bond donors (Lipinski definition) is 0. The topological polar surface area (TPSA) is 81.9 Å². The number of allylic oxidation sites excluding steroid dienone is 5. The highest BCUT2D eigenvalue weighted by atomic mass is 35.5. The molecule has 50 heavy (non-hydrogen) atoms. The SMILES string of the molecule is C.C[Si]1(C)C2=CC(=[N+]3CCC3)C=CC2=C(c2cc(C(=O)CCCOCCOCCCCCCCl)ccc2C(=O)[O-])c2ccc(N3CCC3)cc21. The summed E-state index contributed by atoms with van der Waals surface area (Å²) < 4.78 is 13.8. The van der Waals surface area contributed by atoms with E-state index in [0.29, 0.717) is 49.7 Å². The van der Waals surface area contributed by atoms with E-state index in [0.717, 1.165) is 75.2 Å². The molecule has 2 saturated heterocycles. The zero-order valence-electron chi connectivity index (χ0n) is 29.0. The van der Waals surface area contributed by atoms with Gasteiger partial charge in [-0.1, -0.05) is 51.6 Å². The molecule has 0 aromatic heterocycles. The van der Waals surface area contributed by atoms with Gasteiger partial charge in [-0.3, -0.25) is 4.79 Å². The summed E-state index contributed by atoms with van der Waals surface area (Å²) in [6.07, 6.45) is 14.3. The van der Waals surface area contributed by atoms with Gasteiger partial charge in [0, 0.05) is 67.6 Å². The van der Waals surface area contributed by atoms with Crippen LogP contribution in [0.1, 0.15) is 90.6 Å². The molecule has 2 aromatic rings. The third-order valence-electron chi connectivity index (χ3n) is 10.4. The first-order valence-electron chi connectivity index (χ1n) is 18.1. The molecule has 6 rings (SSSR count). The number of Topliss-reactive ketones (excluding diaryl/α,β-unsaturated/α-hetero) is 1. The van der Waals surface area contributed by atoms with Crippen molar-refractivity contribution >= 4 is 53.6 Å². The van der Waals surface area contributed by atoms with Gasteiger partial charge in [0.2, 0.25) is 0 Å². The summed E-state index contributed by atoms with van der Waals surface area (Å²) >= 11 is 5.72. The van der Waals surface area contributed by atoms with Crippen molar-refractivity contribution in [3.8, 4) is 0 Å². The largest absolute Gasteiger partial charge is 0.545 e. The second-order valence-electron chi connectivity index (χ2n) is 14.0. The molecule has 0 saturated carbocycles. The van der Waals surface area contributed by atoms with Crippen molar-refractivity contribution in [2.45, 2.75) is 71.9 Å². The van der Waals surface area contributed by atoms with Crippen LogP contribution in [0.4, 0.5) is 5.69 Å². The molecule has 3 heterocycles. The first-order valence-corrected chi connectivity index (χ1v) is 21.6. The number of carboxylic acids is 1. The number of carbonyl (C=O) groups excluding carboxylic acids is 2. The Morgan fingerprint density at radius 3 is 2.28 bits per heavy atom. The van der Waals surface area contributed by atoms with Crippen molar-refractivity contribution in [1.29, 1.82) is 0 Å². The Hall–Kier alpha value is -3.30. The van der Waals surface area contributed by atoms with Gasteiger partial charge in [-0.25, -0.2) is 4.58 Å². The standard InChI is InChI=1S/C40H49ClN2O5Si.CH4/c1-49(2)37-27-30(42-18-8-19-42)12-15-33(37)39(34-16-13-31(28-38(34)49)43-20-9-21-43)35-26-29(11-14-32(35)40(45)46)36(44)10-7-23-48-25-24-47-22-6-4-3-5-17-41;/h11-16,26-28H,3-10,17-25H2,1-2H3;1H4. The number of benzene rings is 2. The van der Waals surface area contributed by atoms with Crippen LogP contribution in [0.15, 0.2) is 65.4 Å².